The second-order valence-electron chi connectivity index (χ2n) is 5.25. The Balaban J connectivity index is 1.80. The van der Waals surface area contributed by atoms with Gasteiger partial charge in [-0.3, -0.25) is 4.79 Å². The van der Waals surface area contributed by atoms with E-state index >= 15 is 0 Å². The minimum atomic E-state index is -4.57. The first-order valence-electron chi connectivity index (χ1n) is 7.56. The molecule has 8 heteroatoms. The fourth-order valence-corrected chi connectivity index (χ4v) is 2.22. The lowest BCUT2D eigenvalue weighted by Gasteiger charge is -2.13. The second kappa shape index (κ2) is 7.22. The van der Waals surface area contributed by atoms with E-state index in [-0.39, 0.29) is 17.3 Å². The topological polar surface area (TPSA) is 66.9 Å². The molecule has 1 amide bonds. The molecular weight excluding hydrogens is 345 g/mol. The molecule has 0 atom stereocenters. The maximum Gasteiger partial charge on any atom is 0.418 e. The summed E-state index contributed by atoms with van der Waals surface area (Å²) < 4.78 is 39.1. The first-order chi connectivity index (χ1) is 12.4. The van der Waals surface area contributed by atoms with Gasteiger partial charge in [0.1, 0.15) is 5.69 Å². The molecule has 2 N–H and O–H groups in total. The fraction of sp³-hybridized carbons (Fsp3) is 0.0556. The van der Waals surface area contributed by atoms with Crippen LogP contribution in [0.5, 0.6) is 0 Å². The number of nitrogens with zero attached hydrogens (tertiary/aromatic N) is 2. The van der Waals surface area contributed by atoms with E-state index in [2.05, 4.69) is 20.6 Å². The first-order valence-corrected chi connectivity index (χ1v) is 7.56. The molecule has 0 radical (unpaired) electrons. The van der Waals surface area contributed by atoms with Crippen LogP contribution in [0.2, 0.25) is 0 Å². The minimum Gasteiger partial charge on any atom is -0.324 e. The molecule has 132 valence electrons. The normalized spacial score (nSPS) is 11.0. The molecule has 3 aromatic rings. The molecule has 0 aliphatic rings. The number of halogens is 3. The highest BCUT2D eigenvalue weighted by molar-refractivity contribution is 6.03. The predicted octanol–water partition coefficient (Wildman–Crippen LogP) is 4.49. The molecule has 5 nitrogen and oxygen atoms in total. The van der Waals surface area contributed by atoms with Gasteiger partial charge in [0, 0.05) is 11.9 Å². The number of amides is 1. The van der Waals surface area contributed by atoms with E-state index < -0.39 is 17.6 Å². The number of para-hydroxylation sites is 2. The molecule has 1 heterocycles. The molecule has 0 fully saturated rings. The maximum atomic E-state index is 13.0. The van der Waals surface area contributed by atoms with Gasteiger partial charge in [0.15, 0.2) is 0 Å². The Bertz CT molecular complexity index is 914. The molecule has 0 bridgehead atoms. The Morgan fingerprint density at radius 1 is 0.923 bits per heavy atom. The van der Waals surface area contributed by atoms with E-state index in [9.17, 15) is 18.0 Å². The van der Waals surface area contributed by atoms with Crippen molar-refractivity contribution < 1.29 is 18.0 Å². The highest BCUT2D eigenvalue weighted by Gasteiger charge is 2.33. The lowest BCUT2D eigenvalue weighted by Crippen LogP contribution is -2.18. The van der Waals surface area contributed by atoms with Crippen molar-refractivity contribution in [2.45, 2.75) is 6.18 Å². The summed E-state index contributed by atoms with van der Waals surface area (Å²) >= 11 is 0. The molecule has 1 aromatic heterocycles. The lowest BCUT2D eigenvalue weighted by atomic mass is 10.1. The number of rotatable bonds is 4. The van der Waals surface area contributed by atoms with Crippen LogP contribution in [0.25, 0.3) is 0 Å². The van der Waals surface area contributed by atoms with Crippen LogP contribution in [0.15, 0.2) is 66.9 Å². The number of nitrogens with one attached hydrogen (secondary N) is 2. The fourth-order valence-electron chi connectivity index (χ4n) is 2.22. The Hall–Kier alpha value is -3.42. The summed E-state index contributed by atoms with van der Waals surface area (Å²) in [5.41, 5.74) is -0.603. The molecule has 0 saturated carbocycles. The number of aromatic nitrogens is 2. The van der Waals surface area contributed by atoms with E-state index in [1.165, 1.54) is 30.5 Å². The molecule has 0 spiro atoms. The van der Waals surface area contributed by atoms with Crippen molar-refractivity contribution in [3.63, 3.8) is 0 Å². The van der Waals surface area contributed by atoms with Gasteiger partial charge in [-0.2, -0.15) is 13.2 Å². The van der Waals surface area contributed by atoms with E-state index in [4.69, 9.17) is 0 Å². The molecule has 2 aromatic carbocycles. The van der Waals surface area contributed by atoms with Crippen molar-refractivity contribution in [1.29, 1.82) is 0 Å². The van der Waals surface area contributed by atoms with E-state index in [0.717, 1.165) is 6.07 Å². The third-order valence-electron chi connectivity index (χ3n) is 3.40. The average Bonchev–Trinajstić information content (AvgIpc) is 2.62. The van der Waals surface area contributed by atoms with Crippen LogP contribution in [0, 0.1) is 0 Å². The largest absolute Gasteiger partial charge is 0.418 e. The molecule has 0 aliphatic carbocycles. The number of benzene rings is 2. The number of alkyl halides is 3. The summed E-state index contributed by atoms with van der Waals surface area (Å²) in [7, 11) is 0. The Kier molecular flexibility index (Phi) is 4.83. The molecule has 26 heavy (non-hydrogen) atoms. The number of hydrogen-bond acceptors (Lipinski definition) is 4. The van der Waals surface area contributed by atoms with Crippen LogP contribution in [-0.4, -0.2) is 15.9 Å². The lowest BCUT2D eigenvalue weighted by molar-refractivity contribution is -0.136. The molecule has 0 saturated heterocycles. The monoisotopic (exact) mass is 358 g/mol. The van der Waals surface area contributed by atoms with Crippen molar-refractivity contribution in [3.8, 4) is 0 Å². The quantitative estimate of drug-likeness (QED) is 0.721. The van der Waals surface area contributed by atoms with Crippen LogP contribution in [0.1, 0.15) is 16.1 Å². The maximum absolute atomic E-state index is 13.0. The highest BCUT2D eigenvalue weighted by atomic mass is 19.4. The zero-order valence-electron chi connectivity index (χ0n) is 13.3. The van der Waals surface area contributed by atoms with E-state index in [1.54, 1.807) is 12.1 Å². The Labute approximate surface area is 146 Å². The van der Waals surface area contributed by atoms with Gasteiger partial charge in [-0.15, -0.1) is 0 Å². The third-order valence-corrected chi connectivity index (χ3v) is 3.40. The van der Waals surface area contributed by atoms with Crippen molar-refractivity contribution in [2.75, 3.05) is 10.6 Å². The predicted molar refractivity (Wildman–Crippen MR) is 91.2 cm³/mol. The minimum absolute atomic E-state index is 0.0598. The zero-order valence-corrected chi connectivity index (χ0v) is 13.3. The van der Waals surface area contributed by atoms with Crippen LogP contribution in [0.3, 0.4) is 0 Å². The highest BCUT2D eigenvalue weighted by Crippen LogP contribution is 2.34. The Morgan fingerprint density at radius 2 is 1.62 bits per heavy atom. The van der Waals surface area contributed by atoms with E-state index in [1.807, 2.05) is 18.2 Å². The standard InChI is InChI=1S/C18H13F3N4O/c19-18(20,21)13-8-4-5-9-14(13)24-16(26)15-10-11-22-17(25-15)23-12-6-2-1-3-7-12/h1-11H,(H,24,26)(H,22,23,25). The Morgan fingerprint density at radius 3 is 2.35 bits per heavy atom. The van der Waals surface area contributed by atoms with Gasteiger partial charge in [0.25, 0.3) is 5.91 Å². The van der Waals surface area contributed by atoms with E-state index in [0.29, 0.717) is 5.69 Å². The summed E-state index contributed by atoms with van der Waals surface area (Å²) in [6.07, 6.45) is -3.22. The van der Waals surface area contributed by atoms with Crippen molar-refractivity contribution in [2.24, 2.45) is 0 Å². The van der Waals surface area contributed by atoms with Crippen molar-refractivity contribution in [1.82, 2.24) is 9.97 Å². The smallest absolute Gasteiger partial charge is 0.324 e. The van der Waals surface area contributed by atoms with Crippen LogP contribution in [-0.2, 0) is 6.18 Å². The number of carbonyl (C=O) groups is 1. The summed E-state index contributed by atoms with van der Waals surface area (Å²) in [5, 5.41) is 5.16. The van der Waals surface area contributed by atoms with Gasteiger partial charge in [0.05, 0.1) is 11.3 Å². The van der Waals surface area contributed by atoms with Crippen LogP contribution < -0.4 is 10.6 Å². The molecule has 0 aliphatic heterocycles. The van der Waals surface area contributed by atoms with Crippen LogP contribution >= 0.6 is 0 Å². The van der Waals surface area contributed by atoms with Crippen LogP contribution in [0.4, 0.5) is 30.5 Å². The average molecular weight is 358 g/mol. The zero-order chi connectivity index (χ0) is 18.6. The number of anilines is 3. The van der Waals surface area contributed by atoms with Crippen molar-refractivity contribution in [3.05, 3.63) is 78.1 Å². The van der Waals surface area contributed by atoms with Gasteiger partial charge in [-0.25, -0.2) is 9.97 Å². The van der Waals surface area contributed by atoms with Gasteiger partial charge < -0.3 is 10.6 Å². The molecule has 0 unspecified atom stereocenters. The van der Waals surface area contributed by atoms with Gasteiger partial charge in [0.2, 0.25) is 5.95 Å². The SMILES string of the molecule is O=C(Nc1ccccc1C(F)(F)F)c1ccnc(Nc2ccccc2)n1. The molecule has 3 rings (SSSR count). The van der Waals surface area contributed by atoms with Gasteiger partial charge in [-0.05, 0) is 30.3 Å². The second-order valence-corrected chi connectivity index (χ2v) is 5.25. The van der Waals surface area contributed by atoms with Gasteiger partial charge in [-0.1, -0.05) is 30.3 Å². The molecular formula is C18H13F3N4O. The summed E-state index contributed by atoms with van der Waals surface area (Å²) in [6, 6.07) is 15.1. The number of carbonyl (C=O) groups excluding carboxylic acids is 1. The van der Waals surface area contributed by atoms with Gasteiger partial charge >= 0.3 is 6.18 Å². The number of hydrogen-bond donors (Lipinski definition) is 2. The van der Waals surface area contributed by atoms with Crippen molar-refractivity contribution >= 4 is 23.2 Å². The third kappa shape index (κ3) is 4.15. The summed E-state index contributed by atoms with van der Waals surface area (Å²) in [4.78, 5) is 20.3. The first kappa shape index (κ1) is 17.4. The summed E-state index contributed by atoms with van der Waals surface area (Å²) in [6.45, 7) is 0. The summed E-state index contributed by atoms with van der Waals surface area (Å²) in [5.74, 6) is -0.604.